The largest absolute Gasteiger partial charge is 0.387 e. The Kier molecular flexibility index (Phi) is 5.08. The molecule has 2 saturated carbocycles. The lowest BCUT2D eigenvalue weighted by Crippen LogP contribution is -2.77. The van der Waals surface area contributed by atoms with Gasteiger partial charge < -0.3 is 29.9 Å². The molecule has 32 heavy (non-hydrogen) atoms. The molecule has 5 unspecified atom stereocenters. The molecule has 0 radical (unpaired) electrons. The van der Waals surface area contributed by atoms with Gasteiger partial charge in [0, 0.05) is 18.3 Å². The zero-order valence-corrected chi connectivity index (χ0v) is 19.6. The van der Waals surface area contributed by atoms with E-state index in [-0.39, 0.29) is 29.3 Å². The van der Waals surface area contributed by atoms with Gasteiger partial charge in [-0.2, -0.15) is 0 Å². The molecule has 2 bridgehead atoms. The third kappa shape index (κ3) is 2.85. The molecule has 10 atom stereocenters. The number of aliphatic hydroxyl groups excluding tert-OH is 2. The van der Waals surface area contributed by atoms with Crippen LogP contribution < -0.4 is 0 Å². The topological polar surface area (TPSA) is 116 Å². The number of allylic oxidation sites excluding steroid dienone is 1. The number of ketones is 1. The van der Waals surface area contributed by atoms with Crippen LogP contribution in [0.1, 0.15) is 66.2 Å². The van der Waals surface area contributed by atoms with Crippen molar-refractivity contribution in [3.63, 3.8) is 0 Å². The monoisotopic (exact) mass is 450 g/mol. The molecule has 0 aromatic rings. The Labute approximate surface area is 189 Å². The molecule has 4 fully saturated rings. The van der Waals surface area contributed by atoms with Crippen molar-refractivity contribution in [3.05, 3.63) is 11.6 Å². The Morgan fingerprint density at radius 1 is 1.22 bits per heavy atom. The molecule has 180 valence electrons. The van der Waals surface area contributed by atoms with Gasteiger partial charge in [0.2, 0.25) is 0 Å². The van der Waals surface area contributed by atoms with E-state index in [2.05, 4.69) is 13.8 Å². The van der Waals surface area contributed by atoms with E-state index in [0.29, 0.717) is 24.2 Å². The van der Waals surface area contributed by atoms with Gasteiger partial charge in [0.1, 0.15) is 23.6 Å². The molecule has 7 nitrogen and oxygen atoms in total. The number of aliphatic hydroxyl groups is 4. The van der Waals surface area contributed by atoms with E-state index in [1.54, 1.807) is 0 Å². The molecule has 5 aliphatic rings. The predicted octanol–water partition coefficient (Wildman–Crippen LogP) is 1.70. The standard InChI is InChI=1S/C25H38O7/c1-13(2)16(26)7-8-22(3)9-10-23(4)14(11-22)5-6-15-17-19(23)32-21-25(17,30)20(28)24(29,12-31-21)18(15)27/h6,13-14,17-21,27-30H,5,7-12H2,1-4H3/t14-,17-,18?,19+,20?,21?,22-,23-,24?,25?/m1/s1. The maximum atomic E-state index is 12.3. The summed E-state index contributed by atoms with van der Waals surface area (Å²) in [5.74, 6) is -0.0357. The molecule has 4 N–H and O–H groups in total. The number of carbonyl (C=O) groups excluding carboxylic acids is 1. The molecule has 5 rings (SSSR count). The Hall–Kier alpha value is -0.830. The van der Waals surface area contributed by atoms with Crippen LogP contribution in [0.4, 0.5) is 0 Å². The molecule has 3 aliphatic carbocycles. The zero-order chi connectivity index (χ0) is 23.3. The van der Waals surface area contributed by atoms with Crippen LogP contribution in [-0.2, 0) is 14.3 Å². The van der Waals surface area contributed by atoms with E-state index in [1.165, 1.54) is 0 Å². The van der Waals surface area contributed by atoms with E-state index in [1.807, 2.05) is 19.9 Å². The first kappa shape index (κ1) is 22.9. The van der Waals surface area contributed by atoms with Crippen molar-refractivity contribution in [1.29, 1.82) is 0 Å². The van der Waals surface area contributed by atoms with Crippen molar-refractivity contribution in [3.8, 4) is 0 Å². The predicted molar refractivity (Wildman–Crippen MR) is 115 cm³/mol. The van der Waals surface area contributed by atoms with Crippen molar-refractivity contribution in [2.24, 2.45) is 28.6 Å². The maximum Gasteiger partial charge on any atom is 0.190 e. The summed E-state index contributed by atoms with van der Waals surface area (Å²) in [5, 5.41) is 44.7. The lowest BCUT2D eigenvalue weighted by molar-refractivity contribution is -0.341. The van der Waals surface area contributed by atoms with E-state index in [0.717, 1.165) is 25.7 Å². The van der Waals surface area contributed by atoms with Crippen molar-refractivity contribution in [2.45, 2.75) is 102 Å². The Morgan fingerprint density at radius 2 is 1.94 bits per heavy atom. The second-order valence-electron chi connectivity index (χ2n) is 12.1. The number of hydrogen-bond acceptors (Lipinski definition) is 7. The molecule has 2 aliphatic heterocycles. The highest BCUT2D eigenvalue weighted by Gasteiger charge is 2.77. The second-order valence-corrected chi connectivity index (χ2v) is 12.1. The first-order valence-electron chi connectivity index (χ1n) is 12.2. The van der Waals surface area contributed by atoms with Crippen LogP contribution in [0.2, 0.25) is 0 Å². The number of hydrogen-bond donors (Lipinski definition) is 4. The molecular weight excluding hydrogens is 412 g/mol. The smallest absolute Gasteiger partial charge is 0.190 e. The number of rotatable bonds is 4. The Balaban J connectivity index is 1.48. The van der Waals surface area contributed by atoms with Gasteiger partial charge in [-0.25, -0.2) is 0 Å². The third-order valence-corrected chi connectivity index (χ3v) is 9.82. The van der Waals surface area contributed by atoms with Gasteiger partial charge in [-0.15, -0.1) is 0 Å². The first-order valence-corrected chi connectivity index (χ1v) is 12.2. The molecule has 7 heteroatoms. The highest BCUT2D eigenvalue weighted by molar-refractivity contribution is 5.80. The van der Waals surface area contributed by atoms with Crippen molar-refractivity contribution >= 4 is 5.78 Å². The van der Waals surface area contributed by atoms with Crippen LogP contribution in [0.3, 0.4) is 0 Å². The van der Waals surface area contributed by atoms with Crippen molar-refractivity contribution in [1.82, 2.24) is 0 Å². The first-order chi connectivity index (χ1) is 14.9. The van der Waals surface area contributed by atoms with E-state index in [4.69, 9.17) is 9.47 Å². The summed E-state index contributed by atoms with van der Waals surface area (Å²) in [6, 6.07) is 0. The Bertz CT molecular complexity index is 840. The van der Waals surface area contributed by atoms with Gasteiger partial charge in [-0.05, 0) is 54.4 Å². The van der Waals surface area contributed by atoms with Crippen LogP contribution in [-0.4, -0.2) is 68.6 Å². The van der Waals surface area contributed by atoms with Gasteiger partial charge in [0.25, 0.3) is 0 Å². The molecule has 0 amide bonds. The summed E-state index contributed by atoms with van der Waals surface area (Å²) in [7, 11) is 0. The van der Waals surface area contributed by atoms with Crippen LogP contribution in [0, 0.1) is 28.6 Å². The van der Waals surface area contributed by atoms with E-state index < -0.39 is 41.7 Å². The fourth-order valence-electron chi connectivity index (χ4n) is 7.43. The van der Waals surface area contributed by atoms with Gasteiger partial charge in [-0.1, -0.05) is 33.8 Å². The molecule has 2 saturated heterocycles. The summed E-state index contributed by atoms with van der Waals surface area (Å²) in [6.45, 7) is 8.07. The van der Waals surface area contributed by atoms with Gasteiger partial charge >= 0.3 is 0 Å². The summed E-state index contributed by atoms with van der Waals surface area (Å²) in [6.07, 6.45) is 2.56. The number of Topliss-reactive ketones (excluding diaryl/α,β-unsaturated/α-hetero) is 1. The summed E-state index contributed by atoms with van der Waals surface area (Å²) < 4.78 is 12.0. The SMILES string of the molecule is CC(C)C(=O)CC[C@]1(C)CC[C@]2(C)[C@H](CC=C3C(O)C4(O)COC5O[C@H]2[C@@H]3C5(O)C4O)C1. The molecule has 0 aromatic heterocycles. The van der Waals surface area contributed by atoms with Crippen LogP contribution >= 0.6 is 0 Å². The summed E-state index contributed by atoms with van der Waals surface area (Å²) >= 11 is 0. The van der Waals surface area contributed by atoms with Gasteiger partial charge in [0.15, 0.2) is 11.9 Å². The summed E-state index contributed by atoms with van der Waals surface area (Å²) in [4.78, 5) is 12.3. The minimum absolute atomic E-state index is 0.0451. The lowest BCUT2D eigenvalue weighted by atomic mass is 9.52. The molecular formula is C25H38O7. The third-order valence-electron chi connectivity index (χ3n) is 9.82. The number of ether oxygens (including phenoxy) is 2. The van der Waals surface area contributed by atoms with Crippen LogP contribution in [0.5, 0.6) is 0 Å². The van der Waals surface area contributed by atoms with Gasteiger partial charge in [0.05, 0.1) is 12.7 Å². The van der Waals surface area contributed by atoms with E-state index in [9.17, 15) is 25.2 Å². The highest BCUT2D eigenvalue weighted by Crippen LogP contribution is 2.65. The fraction of sp³-hybridized carbons (Fsp3) is 0.880. The molecule has 2 heterocycles. The molecule has 0 spiro atoms. The van der Waals surface area contributed by atoms with Crippen molar-refractivity contribution in [2.75, 3.05) is 6.61 Å². The maximum absolute atomic E-state index is 12.3. The summed E-state index contributed by atoms with van der Waals surface area (Å²) in [5.41, 5.74) is -3.40. The normalized spacial score (nSPS) is 54.1. The molecule has 0 aromatic carbocycles. The van der Waals surface area contributed by atoms with Crippen molar-refractivity contribution < 1.29 is 34.7 Å². The Morgan fingerprint density at radius 3 is 2.62 bits per heavy atom. The number of carbonyl (C=O) groups is 1. The average molecular weight is 451 g/mol. The second kappa shape index (κ2) is 7.09. The minimum atomic E-state index is -1.95. The van der Waals surface area contributed by atoms with E-state index >= 15 is 0 Å². The van der Waals surface area contributed by atoms with Crippen LogP contribution in [0.15, 0.2) is 11.6 Å². The van der Waals surface area contributed by atoms with Gasteiger partial charge in [-0.3, -0.25) is 4.79 Å². The zero-order valence-electron chi connectivity index (χ0n) is 19.6. The average Bonchev–Trinajstić information content (AvgIpc) is 3.01. The number of fused-ring (bicyclic) bond motifs is 3. The fourth-order valence-corrected chi connectivity index (χ4v) is 7.43. The van der Waals surface area contributed by atoms with Crippen LogP contribution in [0.25, 0.3) is 0 Å². The highest BCUT2D eigenvalue weighted by atomic mass is 16.7. The lowest BCUT2D eigenvalue weighted by Gasteiger charge is -2.56. The minimum Gasteiger partial charge on any atom is -0.387 e. The quantitative estimate of drug-likeness (QED) is 0.482.